The molecule has 0 atom stereocenters. The van der Waals surface area contributed by atoms with Crippen LogP contribution in [-0.4, -0.2) is 15.0 Å². The monoisotopic (exact) mass is 701 g/mol. The third-order valence-electron chi connectivity index (χ3n) is 9.44. The number of halogens is 5. The summed E-state index contributed by atoms with van der Waals surface area (Å²) in [5, 5.41) is 2.43. The molecule has 0 saturated carbocycles. The molecule has 254 valence electrons. The third kappa shape index (κ3) is 5.30. The first kappa shape index (κ1) is 32.1. The highest BCUT2D eigenvalue weighted by Gasteiger charge is 2.27. The minimum atomic E-state index is -2.21. The van der Waals surface area contributed by atoms with Gasteiger partial charge in [0.2, 0.25) is 5.82 Å². The molecule has 3 nitrogen and oxygen atoms in total. The van der Waals surface area contributed by atoms with E-state index in [2.05, 4.69) is 0 Å². The molecule has 7 aromatic carbocycles. The number of rotatable bonds is 5. The van der Waals surface area contributed by atoms with Crippen molar-refractivity contribution in [3.8, 4) is 56.0 Å². The van der Waals surface area contributed by atoms with Crippen LogP contribution < -0.4 is 0 Å². The Morgan fingerprint density at radius 2 is 0.792 bits per heavy atom. The molecular formula is C45H24F5N3. The molecular weight excluding hydrogens is 678 g/mol. The lowest BCUT2D eigenvalue weighted by atomic mass is 9.91. The van der Waals surface area contributed by atoms with Crippen LogP contribution in [0.15, 0.2) is 146 Å². The molecule has 0 saturated heterocycles. The van der Waals surface area contributed by atoms with Gasteiger partial charge in [0.15, 0.2) is 23.3 Å². The molecule has 0 amide bonds. The first-order valence-electron chi connectivity index (χ1n) is 16.7. The molecule has 0 bridgehead atoms. The SMILES string of the molecule is Fc1c(F)c(F)c(-c2ccc(-c3nc4ccccc4c4c(-c5ccccc5)cc5nc(-c6ccccc6)c(-c6ccccc6)nc5c34)cc2)c(F)c1F. The van der Waals surface area contributed by atoms with Gasteiger partial charge in [0.1, 0.15) is 0 Å². The average Bonchev–Trinajstić information content (AvgIpc) is 3.22. The fraction of sp³-hybridized carbons (Fsp3) is 0. The maximum absolute atomic E-state index is 14.9. The minimum Gasteiger partial charge on any atom is -0.247 e. The quantitative estimate of drug-likeness (QED) is 0.0776. The van der Waals surface area contributed by atoms with E-state index in [1.54, 1.807) is 12.1 Å². The van der Waals surface area contributed by atoms with Crippen molar-refractivity contribution >= 4 is 32.7 Å². The molecule has 0 aliphatic heterocycles. The lowest BCUT2D eigenvalue weighted by molar-refractivity contribution is 0.381. The van der Waals surface area contributed by atoms with Crippen molar-refractivity contribution in [1.29, 1.82) is 0 Å². The molecule has 0 aliphatic carbocycles. The highest BCUT2D eigenvalue weighted by molar-refractivity contribution is 6.25. The van der Waals surface area contributed by atoms with Crippen LogP contribution in [-0.2, 0) is 0 Å². The fourth-order valence-electron chi connectivity index (χ4n) is 6.97. The van der Waals surface area contributed by atoms with E-state index >= 15 is 0 Å². The number of hydrogen-bond acceptors (Lipinski definition) is 3. The van der Waals surface area contributed by atoms with Crippen molar-refractivity contribution in [1.82, 2.24) is 15.0 Å². The summed E-state index contributed by atoms with van der Waals surface area (Å²) in [4.78, 5) is 15.8. The molecule has 8 heteroatoms. The second-order valence-electron chi connectivity index (χ2n) is 12.6. The van der Waals surface area contributed by atoms with Crippen LogP contribution in [0, 0.1) is 29.1 Å². The molecule has 0 unspecified atom stereocenters. The molecule has 0 spiro atoms. The van der Waals surface area contributed by atoms with Crippen molar-refractivity contribution in [3.05, 3.63) is 175 Å². The lowest BCUT2D eigenvalue weighted by Crippen LogP contribution is -2.04. The predicted molar refractivity (Wildman–Crippen MR) is 199 cm³/mol. The number of fused-ring (bicyclic) bond motifs is 5. The van der Waals surface area contributed by atoms with Gasteiger partial charge in [0, 0.05) is 32.8 Å². The van der Waals surface area contributed by atoms with Crippen molar-refractivity contribution in [3.63, 3.8) is 0 Å². The van der Waals surface area contributed by atoms with Crippen molar-refractivity contribution in [2.24, 2.45) is 0 Å². The Bertz CT molecular complexity index is 2840. The van der Waals surface area contributed by atoms with E-state index in [4.69, 9.17) is 15.0 Å². The van der Waals surface area contributed by atoms with Crippen LogP contribution in [0.1, 0.15) is 0 Å². The Balaban J connectivity index is 1.40. The normalized spacial score (nSPS) is 11.5. The summed E-state index contributed by atoms with van der Waals surface area (Å²) >= 11 is 0. The highest BCUT2D eigenvalue weighted by atomic mass is 19.2. The van der Waals surface area contributed by atoms with Crippen molar-refractivity contribution < 1.29 is 22.0 Å². The summed E-state index contributed by atoms with van der Waals surface area (Å²) in [7, 11) is 0. The van der Waals surface area contributed by atoms with E-state index in [-0.39, 0.29) is 5.56 Å². The number of hydrogen-bond donors (Lipinski definition) is 0. The Morgan fingerprint density at radius 1 is 0.340 bits per heavy atom. The zero-order chi connectivity index (χ0) is 36.2. The molecule has 2 aromatic heterocycles. The van der Waals surface area contributed by atoms with Crippen LogP contribution in [0.3, 0.4) is 0 Å². The van der Waals surface area contributed by atoms with Gasteiger partial charge in [-0.15, -0.1) is 0 Å². The molecule has 0 fully saturated rings. The molecule has 0 N–H and O–H groups in total. The summed E-state index contributed by atoms with van der Waals surface area (Å²) < 4.78 is 72.0. The number of aromatic nitrogens is 3. The standard InChI is InChI=1S/C45H24F5N3/c46-37-34(38(47)40(49)41(50)39(37)48)26-20-22-29(23-21-26)42-36-35(30-18-10-11-19-32(30)51-42)31(25-12-4-1-5-13-25)24-33-45(36)53-44(28-16-8-3-9-17-28)43(52-33)27-14-6-2-7-15-27/h1-24H. The predicted octanol–water partition coefficient (Wildman–Crippen LogP) is 12.4. The van der Waals surface area contributed by atoms with Crippen LogP contribution in [0.25, 0.3) is 88.7 Å². The largest absolute Gasteiger partial charge is 0.247 e. The lowest BCUT2D eigenvalue weighted by Gasteiger charge is -2.18. The molecule has 9 rings (SSSR count). The Kier molecular flexibility index (Phi) is 7.73. The average molecular weight is 702 g/mol. The van der Waals surface area contributed by atoms with E-state index in [0.29, 0.717) is 44.6 Å². The van der Waals surface area contributed by atoms with Crippen LogP contribution in [0.2, 0.25) is 0 Å². The maximum Gasteiger partial charge on any atom is 0.200 e. The van der Waals surface area contributed by atoms with E-state index in [1.807, 2.05) is 121 Å². The summed E-state index contributed by atoms with van der Waals surface area (Å²) in [5.41, 5.74) is 6.70. The highest BCUT2D eigenvalue weighted by Crippen LogP contribution is 2.44. The molecule has 0 radical (unpaired) electrons. The summed E-state index contributed by atoms with van der Waals surface area (Å²) in [6, 6.07) is 45.1. The van der Waals surface area contributed by atoms with E-state index in [1.165, 1.54) is 12.1 Å². The van der Waals surface area contributed by atoms with E-state index < -0.39 is 34.6 Å². The van der Waals surface area contributed by atoms with Crippen LogP contribution in [0.4, 0.5) is 22.0 Å². The van der Waals surface area contributed by atoms with Crippen molar-refractivity contribution in [2.45, 2.75) is 0 Å². The summed E-state index contributed by atoms with van der Waals surface area (Å²) in [6.07, 6.45) is 0. The van der Waals surface area contributed by atoms with Crippen molar-refractivity contribution in [2.75, 3.05) is 0 Å². The second-order valence-corrected chi connectivity index (χ2v) is 12.6. The molecule has 53 heavy (non-hydrogen) atoms. The first-order chi connectivity index (χ1) is 25.9. The molecule has 2 heterocycles. The number of nitrogens with zero attached hydrogens (tertiary/aromatic N) is 3. The van der Waals surface area contributed by atoms with Gasteiger partial charge in [-0.2, -0.15) is 0 Å². The number of benzene rings is 7. The number of para-hydroxylation sites is 1. The van der Waals surface area contributed by atoms with Gasteiger partial charge in [0.05, 0.1) is 39.2 Å². The Labute approximate surface area is 299 Å². The van der Waals surface area contributed by atoms with E-state index in [9.17, 15) is 22.0 Å². The van der Waals surface area contributed by atoms with Gasteiger partial charge in [0.25, 0.3) is 0 Å². The Hall–Kier alpha value is -6.80. The minimum absolute atomic E-state index is 0.180. The van der Waals surface area contributed by atoms with Crippen LogP contribution >= 0.6 is 0 Å². The zero-order valence-electron chi connectivity index (χ0n) is 27.6. The summed E-state index contributed by atoms with van der Waals surface area (Å²) in [6.45, 7) is 0. The van der Waals surface area contributed by atoms with Gasteiger partial charge in [-0.1, -0.05) is 133 Å². The second kappa shape index (κ2) is 12.8. The van der Waals surface area contributed by atoms with Gasteiger partial charge in [-0.3, -0.25) is 0 Å². The van der Waals surface area contributed by atoms with Gasteiger partial charge < -0.3 is 0 Å². The van der Waals surface area contributed by atoms with Gasteiger partial charge in [-0.25, -0.2) is 36.9 Å². The molecule has 0 aliphatic rings. The molecule has 9 aromatic rings. The fourth-order valence-corrected chi connectivity index (χ4v) is 6.97. The zero-order valence-corrected chi connectivity index (χ0v) is 27.6. The van der Waals surface area contributed by atoms with Crippen LogP contribution in [0.5, 0.6) is 0 Å². The topological polar surface area (TPSA) is 38.7 Å². The summed E-state index contributed by atoms with van der Waals surface area (Å²) in [5.74, 6) is -10.0. The van der Waals surface area contributed by atoms with Gasteiger partial charge >= 0.3 is 0 Å². The smallest absolute Gasteiger partial charge is 0.200 e. The van der Waals surface area contributed by atoms with E-state index in [0.717, 1.165) is 33.0 Å². The maximum atomic E-state index is 14.9. The number of pyridine rings is 1. The first-order valence-corrected chi connectivity index (χ1v) is 16.7. The third-order valence-corrected chi connectivity index (χ3v) is 9.44. The van der Waals surface area contributed by atoms with Gasteiger partial charge in [-0.05, 0) is 28.8 Å². The Morgan fingerprint density at radius 3 is 1.40 bits per heavy atom.